The van der Waals surface area contributed by atoms with Gasteiger partial charge in [0.05, 0.1) is 22.0 Å². The Morgan fingerprint density at radius 2 is 1.13 bits per heavy atom. The van der Waals surface area contributed by atoms with Gasteiger partial charge in [0.1, 0.15) is 15.5 Å². The average Bonchev–Trinajstić information content (AvgIpc) is 2.86. The van der Waals surface area contributed by atoms with Crippen molar-refractivity contribution in [2.45, 2.75) is 14.7 Å². The molecule has 17 heteroatoms. The molecule has 0 aliphatic carbocycles. The fraction of sp³-hybridized carbons (Fsp3) is 0. The zero-order valence-electron chi connectivity index (χ0n) is 19.3. The Bertz CT molecular complexity index is 1990. The fourth-order valence-corrected chi connectivity index (χ4v) is 5.31. The first-order valence-electron chi connectivity index (χ1n) is 10.5. The number of nitrogens with two attached hydrogens (primary N) is 1. The van der Waals surface area contributed by atoms with Gasteiger partial charge in [-0.25, -0.2) is 0 Å². The molecule has 0 fully saturated rings. The van der Waals surface area contributed by atoms with E-state index < -0.39 is 40.1 Å². The van der Waals surface area contributed by atoms with E-state index in [4.69, 9.17) is 10.3 Å². The van der Waals surface area contributed by atoms with Crippen LogP contribution in [0.5, 0.6) is 0 Å². The highest BCUT2D eigenvalue weighted by Crippen LogP contribution is 2.37. The number of nitrogens with zero attached hydrogens (tertiary/aromatic N) is 4. The van der Waals surface area contributed by atoms with Crippen LogP contribution < -0.4 is 5.73 Å². The number of benzene rings is 4. The van der Waals surface area contributed by atoms with E-state index in [1.807, 2.05) is 0 Å². The molecule has 14 nitrogen and oxygen atoms in total. The summed E-state index contributed by atoms with van der Waals surface area (Å²) < 4.78 is 98.2. The van der Waals surface area contributed by atoms with Gasteiger partial charge in [-0.05, 0) is 60.7 Å². The normalized spacial score (nSPS) is 13.0. The van der Waals surface area contributed by atoms with Gasteiger partial charge in [0.15, 0.2) is 0 Å². The Kier molecular flexibility index (Phi) is 7.30. The lowest BCUT2D eigenvalue weighted by molar-refractivity contribution is 0.481. The van der Waals surface area contributed by atoms with Crippen LogP contribution in [0.3, 0.4) is 0 Å². The maximum absolute atomic E-state index is 12.0. The molecule has 0 saturated heterocycles. The van der Waals surface area contributed by atoms with Crippen LogP contribution in [-0.2, 0) is 30.4 Å². The Morgan fingerprint density at radius 3 is 1.74 bits per heavy atom. The molecule has 0 aliphatic heterocycles. The number of azo groups is 2. The van der Waals surface area contributed by atoms with Gasteiger partial charge in [0.25, 0.3) is 30.4 Å². The molecule has 0 aromatic heterocycles. The van der Waals surface area contributed by atoms with E-state index in [1.54, 1.807) is 0 Å². The lowest BCUT2D eigenvalue weighted by Crippen LogP contribution is -2.01. The topological polar surface area (TPSA) is 239 Å². The molecule has 0 unspecified atom stereocenters. The number of hydrogen-bond donors (Lipinski definition) is 4. The molecule has 0 saturated carbocycles. The van der Waals surface area contributed by atoms with E-state index in [-0.39, 0.29) is 44.1 Å². The number of nitrogen functional groups attached to an aromatic ring is 1. The summed E-state index contributed by atoms with van der Waals surface area (Å²) in [6.07, 6.45) is 0. The van der Waals surface area contributed by atoms with E-state index >= 15 is 0 Å². The summed E-state index contributed by atoms with van der Waals surface area (Å²) in [6.45, 7) is 0. The molecule has 0 spiro atoms. The fourth-order valence-electron chi connectivity index (χ4n) is 3.45. The minimum atomic E-state index is -4.82. The third-order valence-electron chi connectivity index (χ3n) is 5.19. The highest BCUT2D eigenvalue weighted by Gasteiger charge is 2.19. The highest BCUT2D eigenvalue weighted by molar-refractivity contribution is 7.86. The predicted molar refractivity (Wildman–Crippen MR) is 139 cm³/mol. The van der Waals surface area contributed by atoms with Crippen molar-refractivity contribution in [1.82, 2.24) is 0 Å². The number of anilines is 1. The largest absolute Gasteiger partial charge is 0.398 e. The van der Waals surface area contributed by atoms with Crippen LogP contribution in [0.2, 0.25) is 0 Å². The van der Waals surface area contributed by atoms with Gasteiger partial charge in [-0.15, -0.1) is 10.2 Å². The Labute approximate surface area is 221 Å². The van der Waals surface area contributed by atoms with Crippen LogP contribution in [-0.4, -0.2) is 38.9 Å². The number of rotatable bonds is 7. The first kappa shape index (κ1) is 27.9. The second-order valence-corrected chi connectivity index (χ2v) is 12.0. The quantitative estimate of drug-likeness (QED) is 0.127. The zero-order chi connectivity index (χ0) is 28.6. The zero-order valence-corrected chi connectivity index (χ0v) is 21.8. The first-order valence-corrected chi connectivity index (χ1v) is 14.8. The third kappa shape index (κ3) is 6.30. The van der Waals surface area contributed by atoms with Crippen LogP contribution in [0.4, 0.5) is 28.4 Å². The van der Waals surface area contributed by atoms with Gasteiger partial charge >= 0.3 is 0 Å². The summed E-state index contributed by atoms with van der Waals surface area (Å²) in [5.41, 5.74) is 5.91. The molecule has 39 heavy (non-hydrogen) atoms. The van der Waals surface area contributed by atoms with Crippen molar-refractivity contribution in [3.63, 3.8) is 0 Å². The smallest absolute Gasteiger partial charge is 0.296 e. The molecule has 0 heterocycles. The molecule has 4 aromatic carbocycles. The SMILES string of the molecule is Nc1ccc(/N=N/c2ccc(/N=N/c3ccc(S(=O)(=O)O)cc3)cc2S(=O)(=O)O)c2cccc(S(=O)(=O)O)c12. The number of hydrogen-bond acceptors (Lipinski definition) is 11. The van der Waals surface area contributed by atoms with Crippen LogP contribution in [0.1, 0.15) is 0 Å². The minimum absolute atomic E-state index is 0.00756. The van der Waals surface area contributed by atoms with Gasteiger partial charge in [-0.1, -0.05) is 12.1 Å². The molecule has 5 N–H and O–H groups in total. The summed E-state index contributed by atoms with van der Waals surface area (Å²) in [7, 11) is -13.8. The van der Waals surface area contributed by atoms with Crippen molar-refractivity contribution in [1.29, 1.82) is 0 Å². The molecule has 0 bridgehead atoms. The van der Waals surface area contributed by atoms with Crippen molar-refractivity contribution < 1.29 is 38.9 Å². The van der Waals surface area contributed by atoms with E-state index in [0.717, 1.165) is 24.3 Å². The van der Waals surface area contributed by atoms with Crippen molar-refractivity contribution in [2.75, 3.05) is 5.73 Å². The third-order valence-corrected chi connectivity index (χ3v) is 7.84. The maximum atomic E-state index is 12.0. The van der Waals surface area contributed by atoms with Crippen LogP contribution in [0.25, 0.3) is 10.8 Å². The Balaban J connectivity index is 1.72. The molecule has 0 atom stereocenters. The molecule has 4 aromatic rings. The molecular weight excluding hydrogens is 574 g/mol. The van der Waals surface area contributed by atoms with Gasteiger partial charge in [-0.3, -0.25) is 13.7 Å². The van der Waals surface area contributed by atoms with Crippen molar-refractivity contribution in [3.05, 3.63) is 72.8 Å². The standard InChI is InChI=1S/C22H17N5O9S3/c23-17-9-11-18(16-2-1-3-20(22(16)17)38(31,32)33)26-27-19-10-6-14(12-21(19)39(34,35)36)25-24-13-4-7-15(8-5-13)37(28,29)30/h1-12H,23H2,(H,28,29,30)(H,31,32,33)(H,34,35,36)/b25-24+,27-26+. The molecule has 202 valence electrons. The summed E-state index contributed by atoms with van der Waals surface area (Å²) in [5.74, 6) is 0. The highest BCUT2D eigenvalue weighted by atomic mass is 32.2. The molecule has 0 aliphatic rings. The van der Waals surface area contributed by atoms with Crippen LogP contribution in [0, 0.1) is 0 Å². The van der Waals surface area contributed by atoms with Crippen LogP contribution in [0.15, 0.2) is 108 Å². The van der Waals surface area contributed by atoms with Crippen LogP contribution >= 0.6 is 0 Å². The summed E-state index contributed by atoms with van der Waals surface area (Å²) in [4.78, 5) is -1.47. The first-order chi connectivity index (χ1) is 18.1. The van der Waals surface area contributed by atoms with Gasteiger partial charge < -0.3 is 5.73 Å². The molecule has 0 amide bonds. The lowest BCUT2D eigenvalue weighted by Gasteiger charge is -2.09. The van der Waals surface area contributed by atoms with Gasteiger partial charge in [0.2, 0.25) is 0 Å². The average molecular weight is 592 g/mol. The van der Waals surface area contributed by atoms with Crippen molar-refractivity contribution >= 4 is 69.6 Å². The minimum Gasteiger partial charge on any atom is -0.398 e. The maximum Gasteiger partial charge on any atom is 0.296 e. The van der Waals surface area contributed by atoms with Crippen molar-refractivity contribution in [2.24, 2.45) is 20.5 Å². The summed E-state index contributed by atoms with van der Waals surface area (Å²) >= 11 is 0. The van der Waals surface area contributed by atoms with Crippen molar-refractivity contribution in [3.8, 4) is 0 Å². The monoisotopic (exact) mass is 591 g/mol. The summed E-state index contributed by atoms with van der Waals surface area (Å²) in [6, 6.07) is 14.9. The van der Waals surface area contributed by atoms with E-state index in [2.05, 4.69) is 20.5 Å². The number of fused-ring (bicyclic) bond motifs is 1. The van der Waals surface area contributed by atoms with Gasteiger partial charge in [-0.2, -0.15) is 35.5 Å². The van der Waals surface area contributed by atoms with Gasteiger partial charge in [0, 0.05) is 16.5 Å². The molecular formula is C22H17N5O9S3. The lowest BCUT2D eigenvalue weighted by atomic mass is 10.1. The van der Waals surface area contributed by atoms with E-state index in [9.17, 15) is 34.4 Å². The van der Waals surface area contributed by atoms with E-state index in [1.165, 1.54) is 48.5 Å². The predicted octanol–water partition coefficient (Wildman–Crippen LogP) is 4.99. The van der Waals surface area contributed by atoms with E-state index in [0.29, 0.717) is 0 Å². The second-order valence-electron chi connectivity index (χ2n) is 7.82. The Hall–Kier alpha value is -4.13. The second kappa shape index (κ2) is 10.2. The Morgan fingerprint density at radius 1 is 0.564 bits per heavy atom. The summed E-state index contributed by atoms with van der Waals surface area (Å²) in [5, 5.41) is 15.8. The molecule has 0 radical (unpaired) electrons. The molecule has 4 rings (SSSR count).